The number of hydrogen-bond donors (Lipinski definition) is 0. The summed E-state index contributed by atoms with van der Waals surface area (Å²) < 4.78 is 13.7. The number of carbonyl (C=O) groups is 1. The average molecular weight is 251 g/mol. The summed E-state index contributed by atoms with van der Waals surface area (Å²) >= 11 is -1.14. The molecule has 1 saturated heterocycles. The van der Waals surface area contributed by atoms with Crippen molar-refractivity contribution in [3.05, 3.63) is 35.9 Å². The minimum absolute atomic E-state index is 0.0197. The van der Waals surface area contributed by atoms with Crippen molar-refractivity contribution in [2.45, 2.75) is 37.6 Å². The van der Waals surface area contributed by atoms with Crippen molar-refractivity contribution >= 4 is 17.6 Å². The van der Waals surface area contributed by atoms with E-state index in [-0.39, 0.29) is 16.8 Å². The quantitative estimate of drug-likeness (QED) is 0.469. The Bertz CT molecular complexity index is 402. The van der Waals surface area contributed by atoms with Crippen molar-refractivity contribution < 1.29 is 9.35 Å². The number of aldehydes is 1. The molecule has 2 rings (SSSR count). The van der Waals surface area contributed by atoms with Crippen LogP contribution in [0.3, 0.4) is 0 Å². The summed E-state index contributed by atoms with van der Waals surface area (Å²) in [6.45, 7) is 5.77. The van der Waals surface area contributed by atoms with Crippen LogP contribution in [0.25, 0.3) is 0 Å². The first-order valence-electron chi connectivity index (χ1n) is 5.67. The van der Waals surface area contributed by atoms with Crippen molar-refractivity contribution in [1.29, 1.82) is 0 Å². The molecule has 4 unspecified atom stereocenters. The normalized spacial score (nSPS) is 29.8. The van der Waals surface area contributed by atoms with Crippen molar-refractivity contribution in [2.24, 2.45) is 0 Å². The van der Waals surface area contributed by atoms with E-state index in [4.69, 9.17) is 0 Å². The van der Waals surface area contributed by atoms with E-state index in [1.165, 1.54) is 0 Å². The predicted molar refractivity (Wildman–Crippen MR) is 68.8 cm³/mol. The van der Waals surface area contributed by atoms with Gasteiger partial charge in [-0.1, -0.05) is 30.3 Å². The van der Waals surface area contributed by atoms with Crippen LogP contribution in [0.2, 0.25) is 0 Å². The minimum atomic E-state index is -1.14. The third kappa shape index (κ3) is 2.39. The summed E-state index contributed by atoms with van der Waals surface area (Å²) in [4.78, 5) is 11.0. The van der Waals surface area contributed by atoms with Crippen LogP contribution < -0.4 is 0 Å². The van der Waals surface area contributed by atoms with E-state index in [9.17, 15) is 9.35 Å². The Hall–Kier alpha value is -0.840. The molecule has 0 amide bonds. The van der Waals surface area contributed by atoms with Crippen molar-refractivity contribution in [2.75, 3.05) is 0 Å². The van der Waals surface area contributed by atoms with Gasteiger partial charge in [-0.05, 0) is 26.3 Å². The lowest BCUT2D eigenvalue weighted by Gasteiger charge is -2.24. The van der Waals surface area contributed by atoms with E-state index in [0.717, 1.165) is 11.8 Å². The molecule has 0 spiro atoms. The fourth-order valence-corrected chi connectivity index (χ4v) is 3.30. The molecule has 1 fully saturated rings. The van der Waals surface area contributed by atoms with Gasteiger partial charge in [0.1, 0.15) is 23.1 Å². The molecule has 92 valence electrons. The first-order chi connectivity index (χ1) is 7.96. The molecule has 4 heteroatoms. The first kappa shape index (κ1) is 12.6. The number of rotatable bonds is 3. The lowest BCUT2D eigenvalue weighted by atomic mass is 10.1. The Labute approximate surface area is 105 Å². The van der Waals surface area contributed by atoms with Gasteiger partial charge in [-0.3, -0.25) is 0 Å². The number of benzene rings is 1. The summed E-state index contributed by atoms with van der Waals surface area (Å²) in [6, 6.07) is 9.50. The Balaban J connectivity index is 2.19. The fraction of sp³-hybridized carbons (Fsp3) is 0.462. The zero-order valence-corrected chi connectivity index (χ0v) is 11.1. The minimum Gasteiger partial charge on any atom is -0.597 e. The van der Waals surface area contributed by atoms with E-state index >= 15 is 0 Å². The highest BCUT2D eigenvalue weighted by molar-refractivity contribution is 7.90. The zero-order valence-electron chi connectivity index (χ0n) is 10.3. The molecular weight excluding hydrogens is 234 g/mol. The molecule has 3 nitrogen and oxygen atoms in total. The van der Waals surface area contributed by atoms with Crippen LogP contribution in [-0.4, -0.2) is 25.9 Å². The molecular formula is C13H17NO2S. The fourth-order valence-electron chi connectivity index (χ4n) is 1.89. The van der Waals surface area contributed by atoms with E-state index in [1.54, 1.807) is 4.31 Å². The van der Waals surface area contributed by atoms with Crippen LogP contribution >= 0.6 is 0 Å². The summed E-state index contributed by atoms with van der Waals surface area (Å²) in [5.41, 5.74) is 1.06. The van der Waals surface area contributed by atoms with Gasteiger partial charge in [-0.2, -0.15) is 0 Å². The van der Waals surface area contributed by atoms with Gasteiger partial charge < -0.3 is 9.35 Å². The molecule has 0 N–H and O–H groups in total. The Kier molecular flexibility index (Phi) is 3.30. The van der Waals surface area contributed by atoms with Gasteiger partial charge >= 0.3 is 0 Å². The number of nitrogens with zero attached hydrogens (tertiary/aromatic N) is 1. The summed E-state index contributed by atoms with van der Waals surface area (Å²) in [6.07, 6.45) is 0.890. The molecule has 1 heterocycles. The van der Waals surface area contributed by atoms with E-state index in [2.05, 4.69) is 0 Å². The highest BCUT2D eigenvalue weighted by Crippen LogP contribution is 2.47. The number of carbonyl (C=O) groups excluding carboxylic acids is 1. The largest absolute Gasteiger partial charge is 0.597 e. The van der Waals surface area contributed by atoms with Crippen LogP contribution in [0.15, 0.2) is 30.3 Å². The van der Waals surface area contributed by atoms with Crippen molar-refractivity contribution in [3.63, 3.8) is 0 Å². The van der Waals surface area contributed by atoms with E-state index in [0.29, 0.717) is 0 Å². The molecule has 17 heavy (non-hydrogen) atoms. The topological polar surface area (TPSA) is 43.1 Å². The Morgan fingerprint density at radius 2 is 1.88 bits per heavy atom. The Morgan fingerprint density at radius 1 is 1.29 bits per heavy atom. The lowest BCUT2D eigenvalue weighted by Crippen LogP contribution is -2.34. The molecule has 0 saturated carbocycles. The third-order valence-electron chi connectivity index (χ3n) is 2.80. The predicted octanol–water partition coefficient (Wildman–Crippen LogP) is 2.07. The van der Waals surface area contributed by atoms with Gasteiger partial charge in [0.15, 0.2) is 0 Å². The van der Waals surface area contributed by atoms with Crippen molar-refractivity contribution in [3.8, 4) is 0 Å². The summed E-state index contributed by atoms with van der Waals surface area (Å²) in [7, 11) is 0. The smallest absolute Gasteiger partial charge is 0.143 e. The number of hydrogen-bond acceptors (Lipinski definition) is 3. The second-order valence-corrected chi connectivity index (χ2v) is 7.35. The van der Waals surface area contributed by atoms with Crippen LogP contribution in [0.4, 0.5) is 0 Å². The highest BCUT2D eigenvalue weighted by Gasteiger charge is 2.59. The third-order valence-corrected chi connectivity index (χ3v) is 4.70. The average Bonchev–Trinajstić information content (AvgIpc) is 3.02. The van der Waals surface area contributed by atoms with Crippen LogP contribution in [0.1, 0.15) is 32.4 Å². The Morgan fingerprint density at radius 3 is 2.35 bits per heavy atom. The summed E-state index contributed by atoms with van der Waals surface area (Å²) in [5.74, 6) is 0. The molecule has 1 aliphatic heterocycles. The standard InChI is InChI=1S/C13H17NO2S/c1-13(2,3)17(16)14-11(9-15)12(14)10-7-5-4-6-8-10/h4-9,11-12H,1-3H3. The maximum Gasteiger partial charge on any atom is 0.143 e. The van der Waals surface area contributed by atoms with Crippen LogP contribution in [0.5, 0.6) is 0 Å². The van der Waals surface area contributed by atoms with Crippen LogP contribution in [-0.2, 0) is 16.2 Å². The van der Waals surface area contributed by atoms with Gasteiger partial charge in [0.2, 0.25) is 0 Å². The molecule has 1 aromatic carbocycles. The van der Waals surface area contributed by atoms with Crippen LogP contribution in [0, 0.1) is 0 Å². The molecule has 0 aromatic heterocycles. The monoisotopic (exact) mass is 251 g/mol. The van der Waals surface area contributed by atoms with Gasteiger partial charge in [-0.25, -0.2) is 0 Å². The SMILES string of the molecule is CC(C)(C)[S+]([O-])N1C(C=O)C1c1ccccc1. The second-order valence-electron chi connectivity index (χ2n) is 5.20. The maximum atomic E-state index is 12.3. The van der Waals surface area contributed by atoms with Gasteiger partial charge in [0.05, 0.1) is 0 Å². The van der Waals surface area contributed by atoms with Gasteiger partial charge in [0.25, 0.3) is 0 Å². The zero-order chi connectivity index (χ0) is 12.6. The van der Waals surface area contributed by atoms with E-state index in [1.807, 2.05) is 51.1 Å². The first-order valence-corrected chi connectivity index (χ1v) is 6.78. The highest BCUT2D eigenvalue weighted by atomic mass is 32.2. The molecule has 1 aromatic rings. The second kappa shape index (κ2) is 4.44. The summed E-state index contributed by atoms with van der Waals surface area (Å²) in [5, 5.41) is 0. The van der Waals surface area contributed by atoms with Gasteiger partial charge in [-0.15, -0.1) is 4.31 Å². The van der Waals surface area contributed by atoms with Crippen molar-refractivity contribution in [1.82, 2.24) is 4.31 Å². The molecule has 0 aliphatic carbocycles. The van der Waals surface area contributed by atoms with Gasteiger partial charge in [0, 0.05) is 11.4 Å². The molecule has 0 bridgehead atoms. The molecule has 1 aliphatic rings. The van der Waals surface area contributed by atoms with E-state index < -0.39 is 11.4 Å². The molecule has 0 radical (unpaired) electrons. The maximum absolute atomic E-state index is 12.3. The molecule has 4 atom stereocenters. The lowest BCUT2D eigenvalue weighted by molar-refractivity contribution is -0.107.